The predicted molar refractivity (Wildman–Crippen MR) is 113 cm³/mol. The molecule has 2 aliphatic heterocycles. The van der Waals surface area contributed by atoms with Crippen molar-refractivity contribution in [1.29, 1.82) is 0 Å². The third-order valence-electron chi connectivity index (χ3n) is 5.96. The lowest BCUT2D eigenvalue weighted by Gasteiger charge is -2.35. The normalized spacial score (nSPS) is 20.9. The van der Waals surface area contributed by atoms with E-state index in [4.69, 9.17) is 4.74 Å². The van der Waals surface area contributed by atoms with Gasteiger partial charge < -0.3 is 19.9 Å². The van der Waals surface area contributed by atoms with Crippen LogP contribution in [0.15, 0.2) is 24.3 Å². The molecule has 0 spiro atoms. The van der Waals surface area contributed by atoms with Gasteiger partial charge in [-0.15, -0.1) is 0 Å². The number of likely N-dealkylation sites (N-methyl/N-ethyl adjacent to an activating group) is 1. The first-order chi connectivity index (χ1) is 14.1. The molecule has 1 N–H and O–H groups in total. The third kappa shape index (κ3) is 6.18. The number of carbonyl (C=O) groups excluding carboxylic acids is 2. The molecule has 0 aliphatic carbocycles. The second kappa shape index (κ2) is 10.6. The molecule has 0 radical (unpaired) electrons. The van der Waals surface area contributed by atoms with E-state index in [2.05, 4.69) is 15.1 Å². The molecule has 3 rings (SSSR count). The smallest absolute Gasteiger partial charge is 0.237 e. The van der Waals surface area contributed by atoms with Gasteiger partial charge in [0.2, 0.25) is 11.8 Å². The predicted octanol–water partition coefficient (Wildman–Crippen LogP) is 1.33. The Kier molecular flexibility index (Phi) is 7.89. The summed E-state index contributed by atoms with van der Waals surface area (Å²) in [5.74, 6) is 0.769. The van der Waals surface area contributed by atoms with Gasteiger partial charge in [0.05, 0.1) is 19.6 Å². The summed E-state index contributed by atoms with van der Waals surface area (Å²) >= 11 is 0. The number of ether oxygens (including phenoxy) is 1. The zero-order chi connectivity index (χ0) is 20.6. The monoisotopic (exact) mass is 402 g/mol. The van der Waals surface area contributed by atoms with Gasteiger partial charge in [0.1, 0.15) is 5.75 Å². The topological polar surface area (TPSA) is 65.1 Å². The molecule has 29 heavy (non-hydrogen) atoms. The molecule has 2 saturated heterocycles. The van der Waals surface area contributed by atoms with E-state index in [0.29, 0.717) is 19.6 Å². The molecular formula is C22H34N4O3. The quantitative estimate of drug-likeness (QED) is 0.711. The van der Waals surface area contributed by atoms with Gasteiger partial charge in [0.15, 0.2) is 0 Å². The van der Waals surface area contributed by atoms with Crippen LogP contribution < -0.4 is 10.1 Å². The molecule has 2 fully saturated rings. The maximum Gasteiger partial charge on any atom is 0.237 e. The Morgan fingerprint density at radius 3 is 2.79 bits per heavy atom. The van der Waals surface area contributed by atoms with Crippen LogP contribution in [0.2, 0.25) is 0 Å². The fraction of sp³-hybridized carbons (Fsp3) is 0.636. The molecule has 1 aromatic rings. The second-order valence-corrected chi connectivity index (χ2v) is 8.05. The lowest BCUT2D eigenvalue weighted by atomic mass is 10.1. The zero-order valence-corrected chi connectivity index (χ0v) is 17.7. The summed E-state index contributed by atoms with van der Waals surface area (Å²) in [5.41, 5.74) is 1.08. The van der Waals surface area contributed by atoms with Crippen LogP contribution in [0.5, 0.6) is 5.75 Å². The Hall–Kier alpha value is -2.12. The molecule has 0 aromatic heterocycles. The minimum Gasteiger partial charge on any atom is -0.497 e. The van der Waals surface area contributed by atoms with Gasteiger partial charge in [0, 0.05) is 39.8 Å². The summed E-state index contributed by atoms with van der Waals surface area (Å²) < 4.78 is 5.30. The summed E-state index contributed by atoms with van der Waals surface area (Å²) in [6.45, 7) is 5.84. The maximum absolute atomic E-state index is 12.8. The molecule has 2 heterocycles. The Morgan fingerprint density at radius 2 is 2.03 bits per heavy atom. The fourth-order valence-electron chi connectivity index (χ4n) is 4.10. The van der Waals surface area contributed by atoms with E-state index in [0.717, 1.165) is 37.5 Å². The van der Waals surface area contributed by atoms with E-state index in [9.17, 15) is 9.59 Å². The number of amides is 2. The zero-order valence-electron chi connectivity index (χ0n) is 17.7. The highest BCUT2D eigenvalue weighted by Crippen LogP contribution is 2.18. The molecule has 160 valence electrons. The third-order valence-corrected chi connectivity index (χ3v) is 5.96. The van der Waals surface area contributed by atoms with Gasteiger partial charge in [-0.25, -0.2) is 0 Å². The SMILES string of the molecule is COc1cccc(CN2CCNC(=O)C2CC(=O)N(C)CCN2CCCCC2)c1. The summed E-state index contributed by atoms with van der Waals surface area (Å²) in [6.07, 6.45) is 4.02. The summed E-state index contributed by atoms with van der Waals surface area (Å²) in [7, 11) is 3.49. The Morgan fingerprint density at radius 1 is 1.24 bits per heavy atom. The van der Waals surface area contributed by atoms with Crippen LogP contribution in [0.1, 0.15) is 31.2 Å². The van der Waals surface area contributed by atoms with Crippen molar-refractivity contribution >= 4 is 11.8 Å². The van der Waals surface area contributed by atoms with Gasteiger partial charge in [-0.1, -0.05) is 18.6 Å². The van der Waals surface area contributed by atoms with Gasteiger partial charge in [-0.3, -0.25) is 14.5 Å². The minimum atomic E-state index is -0.431. The summed E-state index contributed by atoms with van der Waals surface area (Å²) in [4.78, 5) is 31.6. The molecule has 7 nitrogen and oxygen atoms in total. The first-order valence-corrected chi connectivity index (χ1v) is 10.7. The number of nitrogens with zero attached hydrogens (tertiary/aromatic N) is 3. The van der Waals surface area contributed by atoms with Crippen molar-refractivity contribution in [3.8, 4) is 5.75 Å². The number of methoxy groups -OCH3 is 1. The van der Waals surface area contributed by atoms with Crippen molar-refractivity contribution in [2.24, 2.45) is 0 Å². The van der Waals surface area contributed by atoms with Crippen molar-refractivity contribution in [3.63, 3.8) is 0 Å². The molecule has 1 unspecified atom stereocenters. The van der Waals surface area contributed by atoms with E-state index < -0.39 is 6.04 Å². The molecular weight excluding hydrogens is 368 g/mol. The van der Waals surface area contributed by atoms with Crippen molar-refractivity contribution in [2.75, 3.05) is 53.4 Å². The number of carbonyl (C=O) groups is 2. The van der Waals surface area contributed by atoms with E-state index >= 15 is 0 Å². The first-order valence-electron chi connectivity index (χ1n) is 10.7. The molecule has 2 aliphatic rings. The number of benzene rings is 1. The fourth-order valence-corrected chi connectivity index (χ4v) is 4.10. The number of nitrogens with one attached hydrogen (secondary N) is 1. The summed E-state index contributed by atoms with van der Waals surface area (Å²) in [6, 6.07) is 7.44. The minimum absolute atomic E-state index is 0.0275. The Labute approximate surface area is 174 Å². The Bertz CT molecular complexity index is 690. The van der Waals surface area contributed by atoms with Crippen LogP contribution in [0.3, 0.4) is 0 Å². The standard InChI is InChI=1S/C22H34N4O3/c1-24(13-14-25-10-4-3-5-11-25)21(27)16-20-22(28)23-9-12-26(20)17-18-7-6-8-19(15-18)29-2/h6-8,15,20H,3-5,9-14,16-17H2,1-2H3,(H,23,28). The van der Waals surface area contributed by atoms with E-state index in [-0.39, 0.29) is 18.2 Å². The number of rotatable bonds is 8. The second-order valence-electron chi connectivity index (χ2n) is 8.05. The van der Waals surface area contributed by atoms with Gasteiger partial charge in [-0.05, 0) is 43.6 Å². The molecule has 0 saturated carbocycles. The molecule has 0 bridgehead atoms. The molecule has 1 aromatic carbocycles. The van der Waals surface area contributed by atoms with Crippen LogP contribution >= 0.6 is 0 Å². The van der Waals surface area contributed by atoms with Crippen molar-refractivity contribution < 1.29 is 14.3 Å². The van der Waals surface area contributed by atoms with Crippen molar-refractivity contribution in [1.82, 2.24) is 20.0 Å². The van der Waals surface area contributed by atoms with Gasteiger partial charge >= 0.3 is 0 Å². The number of hydrogen-bond acceptors (Lipinski definition) is 5. The summed E-state index contributed by atoms with van der Waals surface area (Å²) in [5, 5.41) is 2.91. The van der Waals surface area contributed by atoms with Crippen molar-refractivity contribution in [2.45, 2.75) is 38.3 Å². The van der Waals surface area contributed by atoms with E-state index in [1.54, 1.807) is 12.0 Å². The maximum atomic E-state index is 12.8. The average Bonchev–Trinajstić information content (AvgIpc) is 2.75. The number of likely N-dealkylation sites (tertiary alicyclic amines) is 1. The highest BCUT2D eigenvalue weighted by atomic mass is 16.5. The lowest BCUT2D eigenvalue weighted by Crippen LogP contribution is -2.56. The Balaban J connectivity index is 1.56. The lowest BCUT2D eigenvalue weighted by molar-refractivity contribution is -0.138. The highest BCUT2D eigenvalue weighted by molar-refractivity contribution is 5.88. The highest BCUT2D eigenvalue weighted by Gasteiger charge is 2.32. The first kappa shape index (κ1) is 21.6. The van der Waals surface area contributed by atoms with E-state index in [1.807, 2.05) is 31.3 Å². The van der Waals surface area contributed by atoms with Gasteiger partial charge in [0.25, 0.3) is 0 Å². The molecule has 1 atom stereocenters. The van der Waals surface area contributed by atoms with Crippen molar-refractivity contribution in [3.05, 3.63) is 29.8 Å². The van der Waals surface area contributed by atoms with E-state index in [1.165, 1.54) is 19.3 Å². The molecule has 2 amide bonds. The van der Waals surface area contributed by atoms with Gasteiger partial charge in [-0.2, -0.15) is 0 Å². The van der Waals surface area contributed by atoms with Crippen LogP contribution in [-0.4, -0.2) is 86.0 Å². The largest absolute Gasteiger partial charge is 0.497 e. The molecule has 7 heteroatoms. The van der Waals surface area contributed by atoms with Crippen LogP contribution in [0.25, 0.3) is 0 Å². The van der Waals surface area contributed by atoms with Crippen LogP contribution in [-0.2, 0) is 16.1 Å². The number of piperidine rings is 1. The van der Waals surface area contributed by atoms with Crippen LogP contribution in [0.4, 0.5) is 0 Å². The average molecular weight is 403 g/mol. The van der Waals surface area contributed by atoms with Crippen LogP contribution in [0, 0.1) is 0 Å². The number of piperazine rings is 1. The number of hydrogen-bond donors (Lipinski definition) is 1.